The smallest absolute Gasteiger partial charge is 0.272 e. The van der Waals surface area contributed by atoms with E-state index >= 15 is 0 Å². The fourth-order valence-corrected chi connectivity index (χ4v) is 1.73. The minimum Gasteiger partial charge on any atom is -0.397 e. The number of halogens is 1. The van der Waals surface area contributed by atoms with Gasteiger partial charge in [0.2, 0.25) is 0 Å². The number of hydrogen-bond acceptors (Lipinski definition) is 4. The first-order valence-corrected chi connectivity index (χ1v) is 6.55. The number of likely N-dealkylation sites (N-methyl/N-ethyl adjacent to an activating group) is 1. The normalized spacial score (nSPS) is 10.5. The summed E-state index contributed by atoms with van der Waals surface area (Å²) in [7, 11) is 4.00. The molecule has 1 rings (SSSR count). The van der Waals surface area contributed by atoms with Crippen molar-refractivity contribution >= 4 is 24.0 Å². The first-order chi connectivity index (χ1) is 8.90. The lowest BCUT2D eigenvalue weighted by atomic mass is 10.2. The number of pyridine rings is 1. The second-order valence-corrected chi connectivity index (χ2v) is 5.43. The molecule has 2 N–H and O–H groups in total. The van der Waals surface area contributed by atoms with E-state index in [1.165, 1.54) is 6.20 Å². The Kier molecular flexibility index (Phi) is 8.18. The maximum atomic E-state index is 12.4. The lowest BCUT2D eigenvalue weighted by Gasteiger charge is -2.25. The third-order valence-corrected chi connectivity index (χ3v) is 2.70. The molecule has 6 heteroatoms. The van der Waals surface area contributed by atoms with Gasteiger partial charge in [0.25, 0.3) is 5.91 Å². The van der Waals surface area contributed by atoms with Gasteiger partial charge in [0, 0.05) is 19.6 Å². The van der Waals surface area contributed by atoms with Crippen LogP contribution >= 0.6 is 12.4 Å². The van der Waals surface area contributed by atoms with Crippen LogP contribution < -0.4 is 5.73 Å². The minimum atomic E-state index is -0.0319. The van der Waals surface area contributed by atoms with Gasteiger partial charge in [-0.25, -0.2) is 4.98 Å². The van der Waals surface area contributed by atoms with Crippen molar-refractivity contribution in [3.63, 3.8) is 0 Å². The van der Waals surface area contributed by atoms with E-state index in [0.29, 0.717) is 23.8 Å². The molecule has 114 valence electrons. The fraction of sp³-hybridized carbons (Fsp3) is 0.571. The molecule has 0 aromatic carbocycles. The third-order valence-electron chi connectivity index (χ3n) is 2.70. The standard InChI is InChI=1S/C14H24N4O.ClH/c1-11(2)10-18(8-7-17(3)4)14(19)13-6-5-12(15)9-16-13;/h5-6,9,11H,7-8,10,15H2,1-4H3;1H. The quantitative estimate of drug-likeness (QED) is 0.869. The Morgan fingerprint density at radius 3 is 2.40 bits per heavy atom. The number of rotatable bonds is 6. The molecule has 20 heavy (non-hydrogen) atoms. The van der Waals surface area contributed by atoms with Crippen LogP contribution in [0.2, 0.25) is 0 Å². The molecule has 0 saturated heterocycles. The number of amides is 1. The van der Waals surface area contributed by atoms with Crippen molar-refractivity contribution in [2.45, 2.75) is 13.8 Å². The van der Waals surface area contributed by atoms with Crippen molar-refractivity contribution in [1.29, 1.82) is 0 Å². The van der Waals surface area contributed by atoms with E-state index in [-0.39, 0.29) is 18.3 Å². The third kappa shape index (κ3) is 6.21. The molecule has 1 amide bonds. The van der Waals surface area contributed by atoms with E-state index in [2.05, 4.69) is 23.7 Å². The predicted octanol–water partition coefficient (Wildman–Crippen LogP) is 1.75. The Morgan fingerprint density at radius 1 is 1.30 bits per heavy atom. The van der Waals surface area contributed by atoms with Crippen molar-refractivity contribution < 1.29 is 4.79 Å². The molecular weight excluding hydrogens is 276 g/mol. The molecule has 0 saturated carbocycles. The second-order valence-electron chi connectivity index (χ2n) is 5.43. The molecule has 0 aliphatic heterocycles. The zero-order valence-corrected chi connectivity index (χ0v) is 13.5. The first-order valence-electron chi connectivity index (χ1n) is 6.55. The molecule has 0 aliphatic carbocycles. The molecule has 5 nitrogen and oxygen atoms in total. The number of nitrogens with two attached hydrogens (primary N) is 1. The average Bonchev–Trinajstić information content (AvgIpc) is 2.34. The largest absolute Gasteiger partial charge is 0.397 e. The first kappa shape index (κ1) is 18.7. The Labute approximate surface area is 127 Å². The molecule has 0 bridgehead atoms. The summed E-state index contributed by atoms with van der Waals surface area (Å²) in [5, 5.41) is 0. The van der Waals surface area contributed by atoms with Gasteiger partial charge in [-0.3, -0.25) is 4.79 Å². The van der Waals surface area contributed by atoms with E-state index in [0.717, 1.165) is 13.1 Å². The van der Waals surface area contributed by atoms with Gasteiger partial charge >= 0.3 is 0 Å². The monoisotopic (exact) mass is 300 g/mol. The van der Waals surface area contributed by atoms with E-state index in [1.54, 1.807) is 12.1 Å². The summed E-state index contributed by atoms with van der Waals surface area (Å²) in [4.78, 5) is 20.4. The van der Waals surface area contributed by atoms with Crippen LogP contribution in [0.15, 0.2) is 18.3 Å². The maximum Gasteiger partial charge on any atom is 0.272 e. The van der Waals surface area contributed by atoms with Gasteiger partial charge in [-0.1, -0.05) is 13.8 Å². The van der Waals surface area contributed by atoms with Gasteiger partial charge in [-0.05, 0) is 32.1 Å². The van der Waals surface area contributed by atoms with E-state index in [4.69, 9.17) is 5.73 Å². The number of aromatic nitrogens is 1. The number of carbonyl (C=O) groups excluding carboxylic acids is 1. The molecular formula is C14H25ClN4O. The number of carbonyl (C=O) groups is 1. The number of nitrogen functional groups attached to an aromatic ring is 1. The highest BCUT2D eigenvalue weighted by molar-refractivity contribution is 5.92. The Bertz CT molecular complexity index is 406. The van der Waals surface area contributed by atoms with Gasteiger partial charge in [-0.2, -0.15) is 0 Å². The summed E-state index contributed by atoms with van der Waals surface area (Å²) in [6.45, 7) is 6.49. The van der Waals surface area contributed by atoms with E-state index < -0.39 is 0 Å². The zero-order valence-electron chi connectivity index (χ0n) is 12.7. The van der Waals surface area contributed by atoms with Gasteiger partial charge < -0.3 is 15.5 Å². The molecule has 0 radical (unpaired) electrons. The summed E-state index contributed by atoms with van der Waals surface area (Å²) in [6.07, 6.45) is 1.52. The van der Waals surface area contributed by atoms with Crippen LogP contribution in [0.4, 0.5) is 5.69 Å². The van der Waals surface area contributed by atoms with Crippen molar-refractivity contribution in [3.05, 3.63) is 24.0 Å². The number of nitrogens with zero attached hydrogens (tertiary/aromatic N) is 3. The Balaban J connectivity index is 0.00000361. The van der Waals surface area contributed by atoms with Crippen molar-refractivity contribution in [1.82, 2.24) is 14.8 Å². The zero-order chi connectivity index (χ0) is 14.4. The SMILES string of the molecule is CC(C)CN(CCN(C)C)C(=O)c1ccc(N)cn1.Cl. The van der Waals surface area contributed by atoms with Gasteiger partial charge in [-0.15, -0.1) is 12.4 Å². The van der Waals surface area contributed by atoms with Crippen molar-refractivity contribution in [3.8, 4) is 0 Å². The Hall–Kier alpha value is -1.33. The van der Waals surface area contributed by atoms with Gasteiger partial charge in [0.05, 0.1) is 11.9 Å². The lowest BCUT2D eigenvalue weighted by Crippen LogP contribution is -2.39. The average molecular weight is 301 g/mol. The van der Waals surface area contributed by atoms with Crippen LogP contribution in [-0.2, 0) is 0 Å². The topological polar surface area (TPSA) is 62.5 Å². The van der Waals surface area contributed by atoms with Crippen LogP contribution in [0.25, 0.3) is 0 Å². The summed E-state index contributed by atoms with van der Waals surface area (Å²) < 4.78 is 0. The van der Waals surface area contributed by atoms with Crippen molar-refractivity contribution in [2.75, 3.05) is 39.5 Å². The summed E-state index contributed by atoms with van der Waals surface area (Å²) in [5.41, 5.74) is 6.61. The molecule has 1 aromatic heterocycles. The Morgan fingerprint density at radius 2 is 1.95 bits per heavy atom. The molecule has 0 aliphatic rings. The minimum absolute atomic E-state index is 0. The molecule has 1 aromatic rings. The van der Waals surface area contributed by atoms with Crippen LogP contribution in [0.3, 0.4) is 0 Å². The number of anilines is 1. The summed E-state index contributed by atoms with van der Waals surface area (Å²) in [5.74, 6) is 0.399. The van der Waals surface area contributed by atoms with Gasteiger partial charge in [0.15, 0.2) is 0 Å². The second kappa shape index (κ2) is 8.76. The highest BCUT2D eigenvalue weighted by atomic mass is 35.5. The maximum absolute atomic E-state index is 12.4. The lowest BCUT2D eigenvalue weighted by molar-refractivity contribution is 0.0719. The highest BCUT2D eigenvalue weighted by Crippen LogP contribution is 2.07. The van der Waals surface area contributed by atoms with Crippen LogP contribution in [-0.4, -0.2) is 54.4 Å². The van der Waals surface area contributed by atoms with Crippen molar-refractivity contribution in [2.24, 2.45) is 5.92 Å². The summed E-state index contributed by atoms with van der Waals surface area (Å²) >= 11 is 0. The molecule has 1 heterocycles. The summed E-state index contributed by atoms with van der Waals surface area (Å²) in [6, 6.07) is 3.39. The number of hydrogen-bond donors (Lipinski definition) is 1. The molecule has 0 unspecified atom stereocenters. The molecule has 0 fully saturated rings. The molecule has 0 spiro atoms. The predicted molar refractivity (Wildman–Crippen MR) is 85.2 cm³/mol. The van der Waals surface area contributed by atoms with Crippen LogP contribution in [0.1, 0.15) is 24.3 Å². The van der Waals surface area contributed by atoms with E-state index in [9.17, 15) is 4.79 Å². The fourth-order valence-electron chi connectivity index (χ4n) is 1.73. The van der Waals surface area contributed by atoms with Gasteiger partial charge in [0.1, 0.15) is 5.69 Å². The molecule has 0 atom stereocenters. The van der Waals surface area contributed by atoms with Crippen LogP contribution in [0, 0.1) is 5.92 Å². The van der Waals surface area contributed by atoms with Crippen LogP contribution in [0.5, 0.6) is 0 Å². The highest BCUT2D eigenvalue weighted by Gasteiger charge is 2.17. The van der Waals surface area contributed by atoms with E-state index in [1.807, 2.05) is 19.0 Å².